The topological polar surface area (TPSA) is 44.8 Å². The number of halogens is 2. The molecule has 0 radical (unpaired) electrons. The van der Waals surface area contributed by atoms with Gasteiger partial charge >= 0.3 is 14.1 Å². The van der Waals surface area contributed by atoms with Crippen LogP contribution in [0.25, 0.3) is 0 Å². The minimum Gasteiger partial charge on any atom is -0.351 e. The van der Waals surface area contributed by atoms with E-state index in [9.17, 15) is 13.3 Å². The van der Waals surface area contributed by atoms with Crippen LogP contribution in [0.1, 0.15) is 47.0 Å². The van der Waals surface area contributed by atoms with Crippen LogP contribution < -0.4 is 0 Å². The molecule has 0 aliphatic carbocycles. The summed E-state index contributed by atoms with van der Waals surface area (Å²) in [6.07, 6.45) is -3.28. The predicted octanol–water partition coefficient (Wildman–Crippen LogP) is 4.32. The van der Waals surface area contributed by atoms with E-state index < -0.39 is 26.3 Å². The summed E-state index contributed by atoms with van der Waals surface area (Å²) < 4.78 is 52.7. The largest absolute Gasteiger partial charge is 0.513 e. The summed E-state index contributed by atoms with van der Waals surface area (Å²) in [5.41, 5.74) is 0. The predicted molar refractivity (Wildman–Crippen MR) is 69.7 cm³/mol. The molecular formula is C12H24F2O4P+. The zero-order chi connectivity index (χ0) is 14.9. The zero-order valence-electron chi connectivity index (χ0n) is 12.1. The van der Waals surface area contributed by atoms with Crippen LogP contribution in [0.4, 0.5) is 8.78 Å². The lowest BCUT2D eigenvalue weighted by Crippen LogP contribution is -2.33. The first-order chi connectivity index (χ1) is 8.78. The molecule has 0 saturated carbocycles. The maximum absolute atomic E-state index is 13.3. The lowest BCUT2D eigenvalue weighted by Gasteiger charge is -2.29. The average Bonchev–Trinajstić information content (AvgIpc) is 2.28. The Bertz CT molecular complexity index is 268. The second-order valence-corrected chi connectivity index (χ2v) is 5.71. The molecule has 0 bridgehead atoms. The second-order valence-electron chi connectivity index (χ2n) is 4.23. The molecule has 0 rings (SSSR count). The lowest BCUT2D eigenvalue weighted by molar-refractivity contribution is -0.230. The smallest absolute Gasteiger partial charge is 0.351 e. The van der Waals surface area contributed by atoms with Crippen LogP contribution in [0.5, 0.6) is 0 Å². The Labute approximate surface area is 114 Å². The monoisotopic (exact) mass is 301 g/mol. The Kier molecular flexibility index (Phi) is 8.83. The summed E-state index contributed by atoms with van der Waals surface area (Å²) in [5, 5.41) is 0. The molecule has 0 aromatic carbocycles. The standard InChI is InChI=1S/C12H24F2O4P/c1-5-16-11(4,17-6-2)9-8-10-12(13,14)18-19(15)7-3/h5-10H2,1-4H3/q+1. The number of ether oxygens (including phenoxy) is 2. The van der Waals surface area contributed by atoms with E-state index in [4.69, 9.17) is 9.47 Å². The molecule has 114 valence electrons. The van der Waals surface area contributed by atoms with Crippen LogP contribution in [0.3, 0.4) is 0 Å². The Morgan fingerprint density at radius 3 is 2.00 bits per heavy atom. The van der Waals surface area contributed by atoms with Crippen molar-refractivity contribution in [2.24, 2.45) is 0 Å². The van der Waals surface area contributed by atoms with Crippen molar-refractivity contribution in [3.8, 4) is 0 Å². The number of hydrogen-bond donors (Lipinski definition) is 0. The van der Waals surface area contributed by atoms with Gasteiger partial charge in [-0.1, -0.05) is 4.52 Å². The van der Waals surface area contributed by atoms with Crippen LogP contribution in [-0.2, 0) is 18.6 Å². The van der Waals surface area contributed by atoms with Crippen molar-refractivity contribution in [2.75, 3.05) is 19.4 Å². The highest BCUT2D eigenvalue weighted by Crippen LogP contribution is 2.36. The quantitative estimate of drug-likeness (QED) is 0.421. The Morgan fingerprint density at radius 1 is 1.05 bits per heavy atom. The lowest BCUT2D eigenvalue weighted by atomic mass is 10.1. The fourth-order valence-corrected chi connectivity index (χ4v) is 2.19. The van der Waals surface area contributed by atoms with Gasteiger partial charge in [0.25, 0.3) is 0 Å². The fraction of sp³-hybridized carbons (Fsp3) is 1.00. The molecule has 0 heterocycles. The van der Waals surface area contributed by atoms with E-state index in [0.29, 0.717) is 19.6 Å². The first-order valence-corrected chi connectivity index (χ1v) is 7.94. The van der Waals surface area contributed by atoms with Gasteiger partial charge in [-0.15, -0.1) is 0 Å². The van der Waals surface area contributed by atoms with Crippen LogP contribution in [-0.4, -0.2) is 31.3 Å². The van der Waals surface area contributed by atoms with Gasteiger partial charge in [0.05, 0.1) is 0 Å². The van der Waals surface area contributed by atoms with Gasteiger partial charge in [0.2, 0.25) is 0 Å². The summed E-state index contributed by atoms with van der Waals surface area (Å²) in [4.78, 5) is 0. The molecule has 0 saturated heterocycles. The zero-order valence-corrected chi connectivity index (χ0v) is 13.0. The molecule has 0 spiro atoms. The Balaban J connectivity index is 4.20. The summed E-state index contributed by atoms with van der Waals surface area (Å²) in [6, 6.07) is 0. The molecule has 0 aliphatic rings. The van der Waals surface area contributed by atoms with E-state index in [1.54, 1.807) is 6.92 Å². The van der Waals surface area contributed by atoms with Gasteiger partial charge in [-0.2, -0.15) is 8.78 Å². The number of hydrogen-bond acceptors (Lipinski definition) is 4. The third kappa shape index (κ3) is 8.58. The van der Waals surface area contributed by atoms with Crippen molar-refractivity contribution in [3.63, 3.8) is 0 Å². The molecule has 0 aromatic rings. The minimum absolute atomic E-state index is 0.0839. The fourth-order valence-electron chi connectivity index (χ4n) is 1.67. The molecule has 7 heteroatoms. The molecule has 0 N–H and O–H groups in total. The normalized spacial score (nSPS) is 13.7. The van der Waals surface area contributed by atoms with E-state index in [1.165, 1.54) is 6.92 Å². The maximum Gasteiger partial charge on any atom is 0.513 e. The molecule has 4 nitrogen and oxygen atoms in total. The molecule has 0 fully saturated rings. The van der Waals surface area contributed by atoms with Gasteiger partial charge in [0, 0.05) is 26.1 Å². The highest BCUT2D eigenvalue weighted by Gasteiger charge is 2.40. The number of rotatable bonds is 11. The molecule has 0 amide bonds. The van der Waals surface area contributed by atoms with Gasteiger partial charge in [-0.3, -0.25) is 0 Å². The second kappa shape index (κ2) is 8.90. The minimum atomic E-state index is -3.36. The summed E-state index contributed by atoms with van der Waals surface area (Å²) in [5.74, 6) is -0.855. The van der Waals surface area contributed by atoms with Crippen LogP contribution in [0, 0.1) is 0 Å². The van der Waals surface area contributed by atoms with E-state index in [0.717, 1.165) is 0 Å². The molecular weight excluding hydrogens is 277 g/mol. The third-order valence-electron chi connectivity index (χ3n) is 2.49. The molecule has 19 heavy (non-hydrogen) atoms. The van der Waals surface area contributed by atoms with E-state index >= 15 is 0 Å². The first-order valence-electron chi connectivity index (χ1n) is 6.58. The first kappa shape index (κ1) is 18.8. The van der Waals surface area contributed by atoms with Crippen LogP contribution >= 0.6 is 8.03 Å². The van der Waals surface area contributed by atoms with Crippen molar-refractivity contribution < 1.29 is 27.3 Å². The van der Waals surface area contributed by atoms with Crippen molar-refractivity contribution >= 4 is 8.03 Å². The van der Waals surface area contributed by atoms with Gasteiger partial charge in [0.15, 0.2) is 11.9 Å². The third-order valence-corrected chi connectivity index (χ3v) is 3.48. The summed E-state index contributed by atoms with van der Waals surface area (Å²) in [7, 11) is -2.29. The highest BCUT2D eigenvalue weighted by atomic mass is 31.1. The molecule has 0 aromatic heterocycles. The molecule has 1 unspecified atom stereocenters. The van der Waals surface area contributed by atoms with E-state index in [-0.39, 0.29) is 12.6 Å². The van der Waals surface area contributed by atoms with Gasteiger partial charge in [-0.05, 0) is 38.7 Å². The van der Waals surface area contributed by atoms with Crippen molar-refractivity contribution in [1.82, 2.24) is 0 Å². The Hall–Kier alpha value is -0.160. The van der Waals surface area contributed by atoms with Crippen LogP contribution in [0.2, 0.25) is 0 Å². The van der Waals surface area contributed by atoms with E-state index in [1.807, 2.05) is 13.8 Å². The van der Waals surface area contributed by atoms with Crippen molar-refractivity contribution in [1.29, 1.82) is 0 Å². The maximum atomic E-state index is 13.3. The summed E-state index contributed by atoms with van der Waals surface area (Å²) >= 11 is 0. The van der Waals surface area contributed by atoms with E-state index in [2.05, 4.69) is 4.52 Å². The molecule has 1 atom stereocenters. The summed E-state index contributed by atoms with van der Waals surface area (Å²) in [6.45, 7) is 7.81. The van der Waals surface area contributed by atoms with Gasteiger partial charge < -0.3 is 9.47 Å². The highest BCUT2D eigenvalue weighted by molar-refractivity contribution is 7.39. The van der Waals surface area contributed by atoms with Crippen LogP contribution in [0.15, 0.2) is 0 Å². The Morgan fingerprint density at radius 2 is 1.58 bits per heavy atom. The SMILES string of the molecule is CCOC(C)(CCCC(F)(F)O[P+](=O)CC)OCC. The van der Waals surface area contributed by atoms with Gasteiger partial charge in [-0.25, -0.2) is 0 Å². The van der Waals surface area contributed by atoms with Crippen molar-refractivity contribution in [2.45, 2.75) is 58.9 Å². The van der Waals surface area contributed by atoms with Gasteiger partial charge in [0.1, 0.15) is 0 Å². The van der Waals surface area contributed by atoms with Crippen molar-refractivity contribution in [3.05, 3.63) is 0 Å². The average molecular weight is 301 g/mol. The molecule has 0 aliphatic heterocycles. The number of alkyl halides is 2.